The second-order valence-electron chi connectivity index (χ2n) is 3.58. The van der Waals surface area contributed by atoms with Gasteiger partial charge in [-0.2, -0.15) is 5.01 Å². The molecule has 0 aromatic rings. The molecule has 0 aromatic carbocycles. The van der Waals surface area contributed by atoms with Crippen molar-refractivity contribution in [3.05, 3.63) is 0 Å². The molecule has 0 bridgehead atoms. The molecule has 1 heterocycles. The molecule has 1 unspecified atom stereocenters. The second kappa shape index (κ2) is 1.98. The summed E-state index contributed by atoms with van der Waals surface area (Å²) in [5, 5.41) is 3.27. The summed E-state index contributed by atoms with van der Waals surface area (Å²) in [4.78, 5) is 22.4. The molecule has 3 N–H and O–H groups in total. The summed E-state index contributed by atoms with van der Waals surface area (Å²) < 4.78 is 0. The van der Waals surface area contributed by atoms with E-state index in [0.717, 1.165) is 12.8 Å². The van der Waals surface area contributed by atoms with Gasteiger partial charge in [0.05, 0.1) is 0 Å². The van der Waals surface area contributed by atoms with Crippen LogP contribution < -0.4 is 11.2 Å². The molecule has 3 amide bonds. The maximum atomic E-state index is 11.4. The smallest absolute Gasteiger partial charge is 0.322 e. The van der Waals surface area contributed by atoms with E-state index in [9.17, 15) is 9.59 Å². The number of nitrogens with one attached hydrogen (secondary N) is 1. The zero-order valence-corrected chi connectivity index (χ0v) is 6.83. The lowest BCUT2D eigenvalue weighted by Gasteiger charge is -2.19. The molecule has 66 valence electrons. The highest BCUT2D eigenvalue weighted by atomic mass is 16.2. The lowest BCUT2D eigenvalue weighted by molar-refractivity contribution is -0.131. The Balaban J connectivity index is 2.28. The minimum Gasteiger partial charge on any atom is -0.322 e. The van der Waals surface area contributed by atoms with Crippen molar-refractivity contribution in [1.82, 2.24) is 10.3 Å². The van der Waals surface area contributed by atoms with Gasteiger partial charge in [-0.3, -0.25) is 4.79 Å². The summed E-state index contributed by atoms with van der Waals surface area (Å²) in [5.74, 6) is 5.20. The zero-order valence-electron chi connectivity index (χ0n) is 6.83. The normalized spacial score (nSPS) is 35.7. The fourth-order valence-electron chi connectivity index (χ4n) is 1.62. The molecule has 1 aliphatic heterocycles. The van der Waals surface area contributed by atoms with Gasteiger partial charge in [0.15, 0.2) is 0 Å². The van der Waals surface area contributed by atoms with Crippen LogP contribution in [0.15, 0.2) is 0 Å². The molecule has 12 heavy (non-hydrogen) atoms. The summed E-state index contributed by atoms with van der Waals surface area (Å²) in [6, 6.07) is -0.491. The van der Waals surface area contributed by atoms with E-state index < -0.39 is 11.6 Å². The molecule has 2 aliphatic rings. The average molecular weight is 169 g/mol. The van der Waals surface area contributed by atoms with Crippen molar-refractivity contribution in [1.29, 1.82) is 0 Å². The Kier molecular flexibility index (Phi) is 1.24. The number of imide groups is 1. The van der Waals surface area contributed by atoms with Gasteiger partial charge in [-0.1, -0.05) is 0 Å². The van der Waals surface area contributed by atoms with Crippen LogP contribution in [-0.4, -0.2) is 22.5 Å². The number of hydrazine groups is 1. The number of hydrogen-bond acceptors (Lipinski definition) is 3. The molecule has 5 nitrogen and oxygen atoms in total. The highest BCUT2D eigenvalue weighted by molar-refractivity contribution is 6.06. The van der Waals surface area contributed by atoms with Gasteiger partial charge in [-0.25, -0.2) is 10.6 Å². The Bertz CT molecular complexity index is 261. The number of nitrogens with two attached hydrogens (primary N) is 1. The average Bonchev–Trinajstić information content (AvgIpc) is 2.80. The van der Waals surface area contributed by atoms with Gasteiger partial charge in [-0.05, 0) is 25.7 Å². The number of urea groups is 1. The van der Waals surface area contributed by atoms with Gasteiger partial charge in [-0.15, -0.1) is 0 Å². The largest absolute Gasteiger partial charge is 0.339 e. The van der Waals surface area contributed by atoms with Crippen LogP contribution in [0.4, 0.5) is 4.79 Å². The first kappa shape index (κ1) is 7.54. The van der Waals surface area contributed by atoms with Crippen LogP contribution in [0.2, 0.25) is 0 Å². The first-order chi connectivity index (χ1) is 5.55. The van der Waals surface area contributed by atoms with Crippen LogP contribution in [0.5, 0.6) is 0 Å². The third-order valence-corrected chi connectivity index (χ3v) is 2.64. The SMILES string of the molecule is CC1(C2CC2)NC(=O)N(N)C1=O. The lowest BCUT2D eigenvalue weighted by Crippen LogP contribution is -2.46. The van der Waals surface area contributed by atoms with Crippen molar-refractivity contribution < 1.29 is 9.59 Å². The predicted octanol–water partition coefficient (Wildman–Crippen LogP) is -0.419. The van der Waals surface area contributed by atoms with Crippen LogP contribution in [0, 0.1) is 5.92 Å². The summed E-state index contributed by atoms with van der Waals surface area (Å²) in [6.07, 6.45) is 1.99. The maximum absolute atomic E-state index is 11.4. The van der Waals surface area contributed by atoms with Crippen molar-refractivity contribution in [2.45, 2.75) is 25.3 Å². The zero-order chi connectivity index (χ0) is 8.93. The van der Waals surface area contributed by atoms with E-state index in [-0.39, 0.29) is 11.8 Å². The van der Waals surface area contributed by atoms with E-state index in [4.69, 9.17) is 5.84 Å². The molecule has 2 fully saturated rings. The molecule has 0 aromatic heterocycles. The van der Waals surface area contributed by atoms with Gasteiger partial charge in [0.1, 0.15) is 5.54 Å². The van der Waals surface area contributed by atoms with Crippen molar-refractivity contribution >= 4 is 11.9 Å². The fraction of sp³-hybridized carbons (Fsp3) is 0.714. The Morgan fingerprint density at radius 2 is 2.17 bits per heavy atom. The topological polar surface area (TPSA) is 75.4 Å². The van der Waals surface area contributed by atoms with E-state index >= 15 is 0 Å². The Morgan fingerprint density at radius 1 is 1.58 bits per heavy atom. The lowest BCUT2D eigenvalue weighted by atomic mass is 9.96. The molecule has 1 aliphatic carbocycles. The Labute approximate surface area is 69.9 Å². The molecular weight excluding hydrogens is 158 g/mol. The van der Waals surface area contributed by atoms with Crippen LogP contribution in [0.25, 0.3) is 0 Å². The monoisotopic (exact) mass is 169 g/mol. The van der Waals surface area contributed by atoms with Crippen LogP contribution in [-0.2, 0) is 4.79 Å². The molecule has 1 saturated heterocycles. The van der Waals surface area contributed by atoms with Gasteiger partial charge >= 0.3 is 6.03 Å². The third kappa shape index (κ3) is 0.768. The minimum atomic E-state index is -0.730. The summed E-state index contributed by atoms with van der Waals surface area (Å²) in [6.45, 7) is 1.73. The molecular formula is C7H11N3O2. The van der Waals surface area contributed by atoms with Crippen LogP contribution in [0.3, 0.4) is 0 Å². The number of rotatable bonds is 1. The number of amides is 3. The van der Waals surface area contributed by atoms with Gasteiger partial charge in [0, 0.05) is 0 Å². The van der Waals surface area contributed by atoms with Crippen molar-refractivity contribution in [3.8, 4) is 0 Å². The number of carbonyl (C=O) groups is 2. The van der Waals surface area contributed by atoms with Crippen molar-refractivity contribution in [3.63, 3.8) is 0 Å². The van der Waals surface area contributed by atoms with Gasteiger partial charge in [0.2, 0.25) is 0 Å². The van der Waals surface area contributed by atoms with Crippen molar-refractivity contribution in [2.75, 3.05) is 0 Å². The number of nitrogens with zero attached hydrogens (tertiary/aromatic N) is 1. The van der Waals surface area contributed by atoms with Crippen molar-refractivity contribution in [2.24, 2.45) is 11.8 Å². The highest BCUT2D eigenvalue weighted by Gasteiger charge is 2.55. The quantitative estimate of drug-likeness (QED) is 0.318. The van der Waals surface area contributed by atoms with Crippen LogP contribution in [0.1, 0.15) is 19.8 Å². The fourth-order valence-corrected chi connectivity index (χ4v) is 1.62. The standard InChI is InChI=1S/C7H11N3O2/c1-7(4-2-3-4)5(11)10(8)6(12)9-7/h4H,2-3,8H2,1H3,(H,9,12). The molecule has 0 radical (unpaired) electrons. The highest BCUT2D eigenvalue weighted by Crippen LogP contribution is 2.41. The molecule has 1 saturated carbocycles. The first-order valence-corrected chi connectivity index (χ1v) is 3.97. The Hall–Kier alpha value is -1.10. The van der Waals surface area contributed by atoms with E-state index in [1.807, 2.05) is 0 Å². The molecule has 0 spiro atoms. The minimum absolute atomic E-state index is 0.280. The first-order valence-electron chi connectivity index (χ1n) is 3.97. The summed E-state index contributed by atoms with van der Waals surface area (Å²) in [7, 11) is 0. The van der Waals surface area contributed by atoms with Gasteiger partial charge < -0.3 is 5.32 Å². The molecule has 2 rings (SSSR count). The van der Waals surface area contributed by atoms with E-state index in [0.29, 0.717) is 5.01 Å². The summed E-state index contributed by atoms with van der Waals surface area (Å²) >= 11 is 0. The Morgan fingerprint density at radius 3 is 2.50 bits per heavy atom. The maximum Gasteiger partial charge on any atom is 0.339 e. The molecule has 1 atom stereocenters. The van der Waals surface area contributed by atoms with Gasteiger partial charge in [0.25, 0.3) is 5.91 Å². The van der Waals surface area contributed by atoms with E-state index in [2.05, 4.69) is 5.32 Å². The second-order valence-corrected chi connectivity index (χ2v) is 3.58. The summed E-state index contributed by atoms with van der Waals surface area (Å²) in [5.41, 5.74) is -0.730. The predicted molar refractivity (Wildman–Crippen MR) is 40.7 cm³/mol. The number of carbonyl (C=O) groups excluding carboxylic acids is 2. The van der Waals surface area contributed by atoms with Crippen LogP contribution >= 0.6 is 0 Å². The van der Waals surface area contributed by atoms with E-state index in [1.54, 1.807) is 6.92 Å². The van der Waals surface area contributed by atoms with E-state index in [1.165, 1.54) is 0 Å². The molecule has 5 heteroatoms. The number of hydrogen-bond donors (Lipinski definition) is 2. The third-order valence-electron chi connectivity index (χ3n) is 2.64.